The second-order valence-corrected chi connectivity index (χ2v) is 6.01. The van der Waals surface area contributed by atoms with E-state index in [0.29, 0.717) is 0 Å². The number of fused-ring (bicyclic) bond motifs is 1. The number of rotatable bonds is 3. The smallest absolute Gasteiger partial charge is 0.189 e. The average molecular weight is 307 g/mol. The van der Waals surface area contributed by atoms with E-state index in [1.54, 1.807) is 7.11 Å². The van der Waals surface area contributed by atoms with Crippen LogP contribution in [0.25, 0.3) is 6.08 Å². The molecule has 1 aliphatic rings. The molecular formula is C20H21NO2. The Balaban J connectivity index is 1.88. The van der Waals surface area contributed by atoms with Crippen molar-refractivity contribution in [2.45, 2.75) is 12.8 Å². The molecule has 0 heterocycles. The molecule has 0 unspecified atom stereocenters. The van der Waals surface area contributed by atoms with Gasteiger partial charge in [0.2, 0.25) is 0 Å². The summed E-state index contributed by atoms with van der Waals surface area (Å²) in [5, 5.41) is 0. The van der Waals surface area contributed by atoms with Gasteiger partial charge in [0.1, 0.15) is 5.75 Å². The molecule has 2 aromatic carbocycles. The van der Waals surface area contributed by atoms with Gasteiger partial charge in [-0.1, -0.05) is 12.1 Å². The highest BCUT2D eigenvalue weighted by atomic mass is 16.5. The Bertz CT molecular complexity index is 758. The number of benzene rings is 2. The molecule has 1 aliphatic carbocycles. The van der Waals surface area contributed by atoms with Crippen molar-refractivity contribution in [1.29, 1.82) is 0 Å². The fourth-order valence-electron chi connectivity index (χ4n) is 2.89. The molecule has 2 aromatic rings. The van der Waals surface area contributed by atoms with Crippen LogP contribution in [-0.2, 0) is 6.42 Å². The lowest BCUT2D eigenvalue weighted by atomic mass is 9.86. The third-order valence-electron chi connectivity index (χ3n) is 4.26. The largest absolute Gasteiger partial charge is 0.497 e. The molecule has 0 radical (unpaired) electrons. The van der Waals surface area contributed by atoms with E-state index in [-0.39, 0.29) is 5.78 Å². The number of nitrogens with zero attached hydrogens (tertiary/aromatic N) is 1. The second kappa shape index (κ2) is 6.29. The van der Waals surface area contributed by atoms with Crippen LogP contribution in [0, 0.1) is 0 Å². The molecule has 3 rings (SSSR count). The van der Waals surface area contributed by atoms with Crippen molar-refractivity contribution in [3.05, 3.63) is 64.7 Å². The zero-order valence-corrected chi connectivity index (χ0v) is 13.8. The first-order chi connectivity index (χ1) is 11.1. The summed E-state index contributed by atoms with van der Waals surface area (Å²) in [6, 6.07) is 13.9. The fraction of sp³-hybridized carbons (Fsp3) is 0.250. The van der Waals surface area contributed by atoms with Crippen LogP contribution < -0.4 is 9.64 Å². The Morgan fingerprint density at radius 1 is 1.04 bits per heavy atom. The maximum Gasteiger partial charge on any atom is 0.189 e. The molecule has 0 saturated carbocycles. The monoisotopic (exact) mass is 307 g/mol. The van der Waals surface area contributed by atoms with Gasteiger partial charge in [0.05, 0.1) is 7.11 Å². The SMILES string of the molecule is COc1ccc2c(c1)CCC(=Cc1ccc(N(C)C)cc1)C2=O. The molecule has 118 valence electrons. The Hall–Kier alpha value is -2.55. The Morgan fingerprint density at radius 3 is 2.43 bits per heavy atom. The van der Waals surface area contributed by atoms with Crippen molar-refractivity contribution in [2.24, 2.45) is 0 Å². The van der Waals surface area contributed by atoms with Gasteiger partial charge in [-0.25, -0.2) is 0 Å². The minimum Gasteiger partial charge on any atom is -0.497 e. The number of carbonyl (C=O) groups is 1. The highest BCUT2D eigenvalue weighted by molar-refractivity contribution is 6.13. The lowest BCUT2D eigenvalue weighted by Gasteiger charge is -2.18. The number of hydrogen-bond donors (Lipinski definition) is 0. The first-order valence-corrected chi connectivity index (χ1v) is 7.78. The Kier molecular flexibility index (Phi) is 4.20. The molecule has 0 spiro atoms. The standard InChI is InChI=1S/C20H21NO2/c1-21(2)17-8-4-14(5-9-17)12-16-7-6-15-13-18(23-3)10-11-19(15)20(16)22/h4-5,8-13H,6-7H2,1-3H3. The van der Waals surface area contributed by atoms with E-state index < -0.39 is 0 Å². The summed E-state index contributed by atoms with van der Waals surface area (Å²) in [5.74, 6) is 0.939. The molecule has 0 N–H and O–H groups in total. The maximum atomic E-state index is 12.7. The van der Waals surface area contributed by atoms with Gasteiger partial charge in [-0.15, -0.1) is 0 Å². The van der Waals surface area contributed by atoms with Crippen LogP contribution in [-0.4, -0.2) is 27.0 Å². The van der Waals surface area contributed by atoms with Gasteiger partial charge in [0, 0.05) is 30.9 Å². The Morgan fingerprint density at radius 2 is 1.78 bits per heavy atom. The van der Waals surface area contributed by atoms with Gasteiger partial charge in [0.25, 0.3) is 0 Å². The van der Waals surface area contributed by atoms with Crippen LogP contribution in [0.2, 0.25) is 0 Å². The van der Waals surface area contributed by atoms with Crippen molar-refractivity contribution in [2.75, 3.05) is 26.1 Å². The highest BCUT2D eigenvalue weighted by Crippen LogP contribution is 2.29. The van der Waals surface area contributed by atoms with Gasteiger partial charge in [-0.2, -0.15) is 0 Å². The van der Waals surface area contributed by atoms with E-state index in [0.717, 1.165) is 46.5 Å². The minimum atomic E-state index is 0.130. The summed E-state index contributed by atoms with van der Waals surface area (Å²) in [5.41, 5.74) is 4.97. The minimum absolute atomic E-state index is 0.130. The lowest BCUT2D eigenvalue weighted by Crippen LogP contribution is -2.14. The van der Waals surface area contributed by atoms with Crippen LogP contribution in [0.3, 0.4) is 0 Å². The molecule has 0 bridgehead atoms. The summed E-state index contributed by atoms with van der Waals surface area (Å²) in [6.45, 7) is 0. The van der Waals surface area contributed by atoms with Crippen LogP contribution in [0.1, 0.15) is 27.9 Å². The number of ketones is 1. The third kappa shape index (κ3) is 3.14. The van der Waals surface area contributed by atoms with Crippen LogP contribution >= 0.6 is 0 Å². The molecule has 0 atom stereocenters. The quantitative estimate of drug-likeness (QED) is 0.804. The number of hydrogen-bond acceptors (Lipinski definition) is 3. The summed E-state index contributed by atoms with van der Waals surface area (Å²) in [7, 11) is 5.68. The summed E-state index contributed by atoms with van der Waals surface area (Å²) < 4.78 is 5.24. The zero-order chi connectivity index (χ0) is 16.4. The van der Waals surface area contributed by atoms with Gasteiger partial charge < -0.3 is 9.64 Å². The number of aryl methyl sites for hydroxylation is 1. The summed E-state index contributed by atoms with van der Waals surface area (Å²) in [4.78, 5) is 14.7. The molecular weight excluding hydrogens is 286 g/mol. The molecule has 23 heavy (non-hydrogen) atoms. The van der Waals surface area contributed by atoms with Crippen molar-refractivity contribution < 1.29 is 9.53 Å². The predicted octanol–water partition coefficient (Wildman–Crippen LogP) is 3.97. The summed E-state index contributed by atoms with van der Waals surface area (Å²) in [6.07, 6.45) is 3.66. The van der Waals surface area contributed by atoms with E-state index in [9.17, 15) is 4.79 Å². The number of carbonyl (C=O) groups excluding carboxylic acids is 1. The lowest BCUT2D eigenvalue weighted by molar-refractivity contribution is 0.102. The first-order valence-electron chi connectivity index (χ1n) is 7.78. The predicted molar refractivity (Wildman–Crippen MR) is 94.4 cm³/mol. The molecule has 3 heteroatoms. The van der Waals surface area contributed by atoms with Crippen LogP contribution in [0.4, 0.5) is 5.69 Å². The van der Waals surface area contributed by atoms with Crippen molar-refractivity contribution in [1.82, 2.24) is 0 Å². The highest BCUT2D eigenvalue weighted by Gasteiger charge is 2.22. The summed E-state index contributed by atoms with van der Waals surface area (Å²) >= 11 is 0. The number of ether oxygens (including phenoxy) is 1. The molecule has 0 saturated heterocycles. The van der Waals surface area contributed by atoms with Gasteiger partial charge in [0.15, 0.2) is 5.78 Å². The van der Waals surface area contributed by atoms with E-state index in [1.165, 1.54) is 0 Å². The van der Waals surface area contributed by atoms with E-state index in [4.69, 9.17) is 4.74 Å². The van der Waals surface area contributed by atoms with Crippen molar-refractivity contribution >= 4 is 17.5 Å². The van der Waals surface area contributed by atoms with Crippen molar-refractivity contribution in [3.63, 3.8) is 0 Å². The van der Waals surface area contributed by atoms with Gasteiger partial charge in [-0.05, 0) is 60.4 Å². The second-order valence-electron chi connectivity index (χ2n) is 6.01. The topological polar surface area (TPSA) is 29.5 Å². The number of Topliss-reactive ketones (excluding diaryl/α,β-unsaturated/α-hetero) is 1. The van der Waals surface area contributed by atoms with Crippen LogP contribution in [0.15, 0.2) is 48.0 Å². The number of anilines is 1. The normalized spacial score (nSPS) is 15.4. The van der Waals surface area contributed by atoms with E-state index in [1.807, 2.05) is 38.4 Å². The molecule has 3 nitrogen and oxygen atoms in total. The zero-order valence-electron chi connectivity index (χ0n) is 13.8. The van der Waals surface area contributed by atoms with E-state index in [2.05, 4.69) is 29.2 Å². The molecule has 0 aromatic heterocycles. The van der Waals surface area contributed by atoms with Gasteiger partial charge >= 0.3 is 0 Å². The number of methoxy groups -OCH3 is 1. The Labute approximate surface area is 137 Å². The maximum absolute atomic E-state index is 12.7. The molecule has 0 amide bonds. The molecule has 0 fully saturated rings. The van der Waals surface area contributed by atoms with Gasteiger partial charge in [-0.3, -0.25) is 4.79 Å². The number of allylic oxidation sites excluding steroid dienone is 1. The van der Waals surface area contributed by atoms with Crippen molar-refractivity contribution in [3.8, 4) is 5.75 Å². The first kappa shape index (κ1) is 15.3. The third-order valence-corrected chi connectivity index (χ3v) is 4.26. The molecule has 0 aliphatic heterocycles. The fourth-order valence-corrected chi connectivity index (χ4v) is 2.89. The average Bonchev–Trinajstić information content (AvgIpc) is 2.57. The van der Waals surface area contributed by atoms with E-state index >= 15 is 0 Å². The van der Waals surface area contributed by atoms with Crippen LogP contribution in [0.5, 0.6) is 5.75 Å².